The average molecular weight is 414 g/mol. The predicted octanol–water partition coefficient (Wildman–Crippen LogP) is 7.09. The number of ether oxygens (including phenoxy) is 1. The molecule has 0 N–H and O–H groups in total. The molecule has 29 heavy (non-hydrogen) atoms. The highest BCUT2D eigenvalue weighted by Gasteiger charge is 2.42. The van der Waals surface area contributed by atoms with E-state index >= 15 is 0 Å². The molecule has 1 atom stereocenters. The molecular weight excluding hydrogens is 394 g/mol. The summed E-state index contributed by atoms with van der Waals surface area (Å²) in [7, 11) is 0. The number of benzene rings is 2. The summed E-state index contributed by atoms with van der Waals surface area (Å²) in [6.45, 7) is 5.57. The molecule has 0 aliphatic heterocycles. The topological polar surface area (TPSA) is 9.23 Å². The number of alkyl halides is 6. The minimum absolute atomic E-state index is 0.123. The normalized spacial score (nSPS) is 17.7. The fraction of sp³-hybridized carbons (Fsp3) is 0.364. The predicted molar refractivity (Wildman–Crippen MR) is 97.3 cm³/mol. The van der Waals surface area contributed by atoms with Crippen molar-refractivity contribution in [3.8, 4) is 0 Å². The largest absolute Gasteiger partial charge is 0.416 e. The van der Waals surface area contributed by atoms with Crippen LogP contribution in [-0.2, 0) is 22.5 Å². The molecule has 1 fully saturated rings. The van der Waals surface area contributed by atoms with Crippen molar-refractivity contribution in [2.45, 2.75) is 43.6 Å². The van der Waals surface area contributed by atoms with Crippen LogP contribution in [0.1, 0.15) is 48.1 Å². The molecular formula is C22H20F6O. The smallest absolute Gasteiger partial charge is 0.373 e. The van der Waals surface area contributed by atoms with Crippen LogP contribution in [0.25, 0.3) is 0 Å². The van der Waals surface area contributed by atoms with Gasteiger partial charge in [-0.1, -0.05) is 42.5 Å². The van der Waals surface area contributed by atoms with E-state index in [1.165, 1.54) is 6.92 Å². The van der Waals surface area contributed by atoms with Crippen LogP contribution in [0.3, 0.4) is 0 Å². The lowest BCUT2D eigenvalue weighted by Gasteiger charge is -2.44. The van der Waals surface area contributed by atoms with Gasteiger partial charge in [-0.15, -0.1) is 0 Å². The molecule has 1 saturated carbocycles. The number of allylic oxidation sites excluding steroid dienone is 1. The van der Waals surface area contributed by atoms with Gasteiger partial charge in [-0.3, -0.25) is 0 Å². The lowest BCUT2D eigenvalue weighted by molar-refractivity contribution is -0.143. The highest BCUT2D eigenvalue weighted by molar-refractivity contribution is 5.37. The van der Waals surface area contributed by atoms with Crippen LogP contribution in [0.2, 0.25) is 0 Å². The van der Waals surface area contributed by atoms with Gasteiger partial charge in [0.05, 0.1) is 23.8 Å². The van der Waals surface area contributed by atoms with Crippen molar-refractivity contribution in [3.63, 3.8) is 0 Å². The molecule has 0 amide bonds. The van der Waals surface area contributed by atoms with Crippen LogP contribution in [0.5, 0.6) is 0 Å². The Morgan fingerprint density at radius 1 is 0.931 bits per heavy atom. The Morgan fingerprint density at radius 3 is 1.90 bits per heavy atom. The zero-order valence-corrected chi connectivity index (χ0v) is 15.7. The molecule has 0 unspecified atom stereocenters. The van der Waals surface area contributed by atoms with E-state index in [1.54, 1.807) is 0 Å². The van der Waals surface area contributed by atoms with Crippen LogP contribution in [0, 0.1) is 0 Å². The summed E-state index contributed by atoms with van der Waals surface area (Å²) in [5.74, 6) is 0. The van der Waals surface area contributed by atoms with Crippen LogP contribution >= 0.6 is 0 Å². The Bertz CT molecular complexity index is 842. The Balaban J connectivity index is 1.85. The number of hydrogen-bond acceptors (Lipinski definition) is 1. The molecule has 0 saturated heterocycles. The second-order valence-electron chi connectivity index (χ2n) is 7.54. The van der Waals surface area contributed by atoms with E-state index < -0.39 is 29.6 Å². The molecule has 0 radical (unpaired) electrons. The standard InChI is InChI=1S/C22H20F6O/c1-14-11-20(12-14,17-6-4-3-5-7-17)13-29-15(2)16-8-18(21(23,24)25)10-19(9-16)22(26,27)28/h3-10,15H,1,11-13H2,2H3/t15-/m1/s1. The molecule has 1 aliphatic rings. The zero-order chi connectivity index (χ0) is 21.4. The van der Waals surface area contributed by atoms with Gasteiger partial charge in [-0.05, 0) is 49.1 Å². The SMILES string of the molecule is C=C1CC(CO[C@H](C)c2cc(C(F)(F)F)cc(C(F)(F)F)c2)(c2ccccc2)C1. The van der Waals surface area contributed by atoms with E-state index in [4.69, 9.17) is 4.74 Å². The van der Waals surface area contributed by atoms with Crippen LogP contribution in [0.4, 0.5) is 26.3 Å². The van der Waals surface area contributed by atoms with Crippen LogP contribution in [-0.4, -0.2) is 6.61 Å². The van der Waals surface area contributed by atoms with Gasteiger partial charge in [-0.25, -0.2) is 0 Å². The zero-order valence-electron chi connectivity index (χ0n) is 15.7. The van der Waals surface area contributed by atoms with Crippen molar-refractivity contribution in [1.82, 2.24) is 0 Å². The van der Waals surface area contributed by atoms with Crippen LogP contribution in [0.15, 0.2) is 60.7 Å². The van der Waals surface area contributed by atoms with E-state index in [-0.39, 0.29) is 23.7 Å². The van der Waals surface area contributed by atoms with E-state index in [2.05, 4.69) is 6.58 Å². The molecule has 0 aromatic heterocycles. The van der Waals surface area contributed by atoms with E-state index in [9.17, 15) is 26.3 Å². The molecule has 0 heterocycles. The summed E-state index contributed by atoms with van der Waals surface area (Å²) in [6, 6.07) is 11.1. The Morgan fingerprint density at radius 2 is 1.45 bits per heavy atom. The first-order valence-electron chi connectivity index (χ1n) is 9.04. The highest BCUT2D eigenvalue weighted by atomic mass is 19.4. The second kappa shape index (κ2) is 7.52. The van der Waals surface area contributed by atoms with E-state index in [0.29, 0.717) is 12.8 Å². The minimum Gasteiger partial charge on any atom is -0.373 e. The summed E-state index contributed by atoms with van der Waals surface area (Å²) in [4.78, 5) is 0. The van der Waals surface area contributed by atoms with Crippen molar-refractivity contribution in [2.24, 2.45) is 0 Å². The second-order valence-corrected chi connectivity index (χ2v) is 7.54. The lowest BCUT2D eigenvalue weighted by Crippen LogP contribution is -2.40. The van der Waals surface area contributed by atoms with Gasteiger partial charge in [0.1, 0.15) is 0 Å². The fourth-order valence-corrected chi connectivity index (χ4v) is 3.68. The third kappa shape index (κ3) is 4.66. The molecule has 0 spiro atoms. The maximum atomic E-state index is 13.1. The molecule has 2 aromatic rings. The summed E-state index contributed by atoms with van der Waals surface area (Å²) in [6.07, 6.45) is -9.37. The number of rotatable bonds is 5. The van der Waals surface area contributed by atoms with Gasteiger partial charge in [0, 0.05) is 5.41 Å². The third-order valence-corrected chi connectivity index (χ3v) is 5.25. The fourth-order valence-electron chi connectivity index (χ4n) is 3.68. The number of halogens is 6. The van der Waals surface area contributed by atoms with Gasteiger partial charge in [0.2, 0.25) is 0 Å². The first kappa shape index (κ1) is 21.4. The molecule has 1 nitrogen and oxygen atoms in total. The summed E-state index contributed by atoms with van der Waals surface area (Å²) >= 11 is 0. The van der Waals surface area contributed by atoms with Gasteiger partial charge in [-0.2, -0.15) is 26.3 Å². The van der Waals surface area contributed by atoms with Gasteiger partial charge >= 0.3 is 12.4 Å². The van der Waals surface area contributed by atoms with Crippen molar-refractivity contribution in [1.29, 1.82) is 0 Å². The minimum atomic E-state index is -4.88. The molecule has 156 valence electrons. The highest BCUT2D eigenvalue weighted by Crippen LogP contribution is 2.47. The monoisotopic (exact) mass is 414 g/mol. The van der Waals surface area contributed by atoms with Crippen molar-refractivity contribution in [3.05, 3.63) is 82.9 Å². The van der Waals surface area contributed by atoms with Crippen LogP contribution < -0.4 is 0 Å². The van der Waals surface area contributed by atoms with Gasteiger partial charge in [0.15, 0.2) is 0 Å². The maximum Gasteiger partial charge on any atom is 0.416 e. The van der Waals surface area contributed by atoms with E-state index in [1.807, 2.05) is 30.3 Å². The first-order valence-corrected chi connectivity index (χ1v) is 9.04. The Labute approximate surface area is 165 Å². The molecule has 7 heteroatoms. The summed E-state index contributed by atoms with van der Waals surface area (Å²) in [5, 5.41) is 0. The maximum absolute atomic E-state index is 13.1. The molecule has 1 aliphatic carbocycles. The lowest BCUT2D eigenvalue weighted by atomic mass is 9.62. The summed E-state index contributed by atoms with van der Waals surface area (Å²) < 4.78 is 84.3. The molecule has 3 rings (SSSR count). The van der Waals surface area contributed by atoms with Crippen molar-refractivity contribution in [2.75, 3.05) is 6.61 Å². The third-order valence-electron chi connectivity index (χ3n) is 5.25. The quantitative estimate of drug-likeness (QED) is 0.375. The summed E-state index contributed by atoms with van der Waals surface area (Å²) in [5.41, 5.74) is -1.15. The number of hydrogen-bond donors (Lipinski definition) is 0. The molecule has 0 bridgehead atoms. The van der Waals surface area contributed by atoms with Gasteiger partial charge < -0.3 is 4.74 Å². The average Bonchev–Trinajstić information content (AvgIpc) is 2.63. The van der Waals surface area contributed by atoms with Crippen molar-refractivity contribution >= 4 is 0 Å². The Hall–Kier alpha value is -2.28. The van der Waals surface area contributed by atoms with E-state index in [0.717, 1.165) is 23.3 Å². The first-order chi connectivity index (χ1) is 13.4. The van der Waals surface area contributed by atoms with Gasteiger partial charge in [0.25, 0.3) is 0 Å². The molecule has 2 aromatic carbocycles. The Kier molecular flexibility index (Phi) is 5.56. The van der Waals surface area contributed by atoms with Crippen molar-refractivity contribution < 1.29 is 31.1 Å².